The van der Waals surface area contributed by atoms with E-state index in [9.17, 15) is 14.4 Å². The Balaban J connectivity index is 1.54. The van der Waals surface area contributed by atoms with Crippen molar-refractivity contribution in [3.05, 3.63) is 70.4 Å². The Kier molecular flexibility index (Phi) is 4.84. The van der Waals surface area contributed by atoms with E-state index in [2.05, 4.69) is 10.3 Å². The molecule has 2 aromatic carbocycles. The lowest BCUT2D eigenvalue weighted by atomic mass is 10.0. The summed E-state index contributed by atoms with van der Waals surface area (Å²) in [6.07, 6.45) is 0.827. The summed E-state index contributed by atoms with van der Waals surface area (Å²) in [7, 11) is 0. The Morgan fingerprint density at radius 1 is 1.17 bits per heavy atom. The molecule has 3 aromatic rings. The maximum atomic E-state index is 12.8. The summed E-state index contributed by atoms with van der Waals surface area (Å²) in [4.78, 5) is 41.4. The number of fused-ring (bicyclic) bond motifs is 2. The maximum absolute atomic E-state index is 12.8. The highest BCUT2D eigenvalue weighted by Crippen LogP contribution is 2.25. The van der Waals surface area contributed by atoms with Crippen LogP contribution in [0.3, 0.4) is 0 Å². The third-order valence-corrected chi connectivity index (χ3v) is 5.15. The van der Waals surface area contributed by atoms with E-state index in [0.717, 1.165) is 22.0 Å². The van der Waals surface area contributed by atoms with Crippen molar-refractivity contribution in [3.8, 4) is 0 Å². The molecule has 146 valence electrons. The summed E-state index contributed by atoms with van der Waals surface area (Å²) in [5, 5.41) is 3.61. The first kappa shape index (κ1) is 18.8. The third kappa shape index (κ3) is 3.49. The number of benzene rings is 2. The number of Topliss-reactive ketones (excluding diaryl/α,β-unsaturated/α-hetero) is 1. The third-order valence-electron chi connectivity index (χ3n) is 5.15. The molecule has 29 heavy (non-hydrogen) atoms. The van der Waals surface area contributed by atoms with Gasteiger partial charge in [-0.3, -0.25) is 14.6 Å². The lowest BCUT2D eigenvalue weighted by Gasteiger charge is -2.13. The van der Waals surface area contributed by atoms with Gasteiger partial charge in [0.05, 0.1) is 23.2 Å². The van der Waals surface area contributed by atoms with Crippen molar-refractivity contribution in [2.45, 2.75) is 26.7 Å². The summed E-state index contributed by atoms with van der Waals surface area (Å²) in [5.74, 6) is -0.962. The summed E-state index contributed by atoms with van der Waals surface area (Å²) in [6.45, 7) is 3.43. The zero-order valence-electron chi connectivity index (χ0n) is 16.2. The Morgan fingerprint density at radius 3 is 2.76 bits per heavy atom. The number of aryl methyl sites for hydroxylation is 2. The van der Waals surface area contributed by atoms with E-state index >= 15 is 0 Å². The van der Waals surface area contributed by atoms with Gasteiger partial charge in [0.15, 0.2) is 12.4 Å². The van der Waals surface area contributed by atoms with E-state index < -0.39 is 5.97 Å². The number of hydrogen-bond acceptors (Lipinski definition) is 5. The minimum Gasteiger partial charge on any atom is -0.454 e. The van der Waals surface area contributed by atoms with Gasteiger partial charge >= 0.3 is 5.97 Å². The smallest absolute Gasteiger partial charge is 0.340 e. The second-order valence-electron chi connectivity index (χ2n) is 7.03. The first-order chi connectivity index (χ1) is 14.0. The number of esters is 1. The minimum absolute atomic E-state index is 0.0950. The number of ether oxygens (including phenoxy) is 1. The van der Waals surface area contributed by atoms with E-state index in [-0.39, 0.29) is 24.7 Å². The molecule has 6 heteroatoms. The van der Waals surface area contributed by atoms with Crippen LogP contribution in [0.5, 0.6) is 0 Å². The van der Waals surface area contributed by atoms with Crippen LogP contribution in [0.4, 0.5) is 5.69 Å². The minimum atomic E-state index is -0.552. The molecule has 1 aliphatic rings. The molecule has 0 saturated carbocycles. The molecular formula is C23H20N2O4. The molecule has 0 fully saturated rings. The zero-order chi connectivity index (χ0) is 20.5. The average molecular weight is 388 g/mol. The fourth-order valence-corrected chi connectivity index (χ4v) is 3.66. The molecule has 0 saturated heterocycles. The van der Waals surface area contributed by atoms with Crippen molar-refractivity contribution in [2.24, 2.45) is 0 Å². The molecule has 0 bridgehead atoms. The number of ketones is 1. The van der Waals surface area contributed by atoms with Gasteiger partial charge in [-0.1, -0.05) is 25.1 Å². The van der Waals surface area contributed by atoms with E-state index in [0.29, 0.717) is 28.9 Å². The standard InChI is InChI=1S/C23H20N2O4/c1-3-17-22(13(2)16-6-4-5-7-19(16)24-17)23(28)29-12-20(26)14-8-9-18-15(10-14)11-21(27)25-18/h4-10H,3,11-12H2,1-2H3,(H,25,27). The predicted octanol–water partition coefficient (Wildman–Crippen LogP) is 3.64. The Morgan fingerprint density at radius 2 is 1.97 bits per heavy atom. The molecule has 0 aliphatic carbocycles. The first-order valence-corrected chi connectivity index (χ1v) is 9.49. The van der Waals surface area contributed by atoms with Gasteiger partial charge in [-0.2, -0.15) is 0 Å². The van der Waals surface area contributed by atoms with Crippen LogP contribution in [-0.4, -0.2) is 29.3 Å². The number of carbonyl (C=O) groups excluding carboxylic acids is 3. The van der Waals surface area contributed by atoms with Crippen LogP contribution < -0.4 is 5.32 Å². The van der Waals surface area contributed by atoms with Gasteiger partial charge in [0, 0.05) is 16.6 Å². The van der Waals surface area contributed by atoms with Gasteiger partial charge in [0.2, 0.25) is 5.91 Å². The highest BCUT2D eigenvalue weighted by atomic mass is 16.5. The predicted molar refractivity (Wildman–Crippen MR) is 109 cm³/mol. The van der Waals surface area contributed by atoms with Crippen molar-refractivity contribution in [1.82, 2.24) is 4.98 Å². The second kappa shape index (κ2) is 7.47. The van der Waals surface area contributed by atoms with E-state index in [4.69, 9.17) is 4.74 Å². The lowest BCUT2D eigenvalue weighted by Crippen LogP contribution is -2.17. The molecule has 1 amide bonds. The number of hydrogen-bond donors (Lipinski definition) is 1. The SMILES string of the molecule is CCc1nc2ccccc2c(C)c1C(=O)OCC(=O)c1ccc2c(c1)CC(=O)N2. The Hall–Kier alpha value is -3.54. The summed E-state index contributed by atoms with van der Waals surface area (Å²) in [6, 6.07) is 12.6. The number of nitrogens with one attached hydrogen (secondary N) is 1. The number of para-hydroxylation sites is 1. The van der Waals surface area contributed by atoms with E-state index in [1.54, 1.807) is 18.2 Å². The van der Waals surface area contributed by atoms with Gasteiger partial charge in [-0.05, 0) is 48.7 Å². The summed E-state index contributed by atoms with van der Waals surface area (Å²) in [5.41, 5.74) is 4.60. The van der Waals surface area contributed by atoms with Crippen LogP contribution in [0, 0.1) is 6.92 Å². The normalized spacial score (nSPS) is 12.6. The maximum Gasteiger partial charge on any atom is 0.340 e. The topological polar surface area (TPSA) is 85.4 Å². The van der Waals surface area contributed by atoms with Crippen molar-refractivity contribution >= 4 is 34.3 Å². The molecule has 1 aliphatic heterocycles. The zero-order valence-corrected chi connectivity index (χ0v) is 16.2. The molecular weight excluding hydrogens is 368 g/mol. The van der Waals surface area contributed by atoms with Crippen molar-refractivity contribution in [3.63, 3.8) is 0 Å². The molecule has 6 nitrogen and oxygen atoms in total. The number of nitrogens with zero attached hydrogens (tertiary/aromatic N) is 1. The van der Waals surface area contributed by atoms with Crippen LogP contribution in [0.25, 0.3) is 10.9 Å². The molecule has 0 spiro atoms. The van der Waals surface area contributed by atoms with Crippen LogP contribution in [0.2, 0.25) is 0 Å². The molecule has 1 aromatic heterocycles. The van der Waals surface area contributed by atoms with Crippen LogP contribution in [0.15, 0.2) is 42.5 Å². The molecule has 4 rings (SSSR count). The summed E-state index contributed by atoms with van der Waals surface area (Å²) < 4.78 is 5.35. The van der Waals surface area contributed by atoms with Gasteiger partial charge in [-0.15, -0.1) is 0 Å². The quantitative estimate of drug-likeness (QED) is 0.533. The van der Waals surface area contributed by atoms with Gasteiger partial charge in [-0.25, -0.2) is 4.79 Å². The first-order valence-electron chi connectivity index (χ1n) is 9.49. The number of amides is 1. The fourth-order valence-electron chi connectivity index (χ4n) is 3.66. The largest absolute Gasteiger partial charge is 0.454 e. The Labute approximate surface area is 167 Å². The van der Waals surface area contributed by atoms with Crippen molar-refractivity contribution in [2.75, 3.05) is 11.9 Å². The highest BCUT2D eigenvalue weighted by Gasteiger charge is 2.22. The van der Waals surface area contributed by atoms with Gasteiger partial charge < -0.3 is 10.1 Å². The second-order valence-corrected chi connectivity index (χ2v) is 7.03. The molecule has 0 unspecified atom stereocenters. The molecule has 1 N–H and O–H groups in total. The number of aromatic nitrogens is 1. The number of rotatable bonds is 5. The van der Waals surface area contributed by atoms with Gasteiger partial charge in [0.25, 0.3) is 0 Å². The summed E-state index contributed by atoms with van der Waals surface area (Å²) >= 11 is 0. The fraction of sp³-hybridized carbons (Fsp3) is 0.217. The number of pyridine rings is 1. The monoisotopic (exact) mass is 388 g/mol. The number of anilines is 1. The van der Waals surface area contributed by atoms with Crippen LogP contribution in [-0.2, 0) is 22.4 Å². The molecule has 0 atom stereocenters. The molecule has 2 heterocycles. The Bertz CT molecular complexity index is 1170. The van der Waals surface area contributed by atoms with Crippen molar-refractivity contribution < 1.29 is 19.1 Å². The van der Waals surface area contributed by atoms with Crippen LogP contribution >= 0.6 is 0 Å². The van der Waals surface area contributed by atoms with Crippen LogP contribution in [0.1, 0.15) is 44.5 Å². The highest BCUT2D eigenvalue weighted by molar-refractivity contribution is 6.04. The average Bonchev–Trinajstić information content (AvgIpc) is 3.10. The van der Waals surface area contributed by atoms with E-state index in [1.807, 2.05) is 38.1 Å². The van der Waals surface area contributed by atoms with Crippen molar-refractivity contribution in [1.29, 1.82) is 0 Å². The lowest BCUT2D eigenvalue weighted by molar-refractivity contribution is -0.115. The molecule has 0 radical (unpaired) electrons. The van der Waals surface area contributed by atoms with Gasteiger partial charge in [0.1, 0.15) is 0 Å². The number of carbonyl (C=O) groups is 3. The van der Waals surface area contributed by atoms with E-state index in [1.165, 1.54) is 0 Å².